The Morgan fingerprint density at radius 2 is 1.74 bits per heavy atom. The van der Waals surface area contributed by atoms with Crippen molar-refractivity contribution in [2.24, 2.45) is 0 Å². The molecule has 0 saturated carbocycles. The molecule has 1 heterocycles. The largest absolute Gasteiger partial charge is 0.332 e. The fourth-order valence-corrected chi connectivity index (χ4v) is 3.71. The van der Waals surface area contributed by atoms with E-state index >= 15 is 0 Å². The summed E-state index contributed by atoms with van der Waals surface area (Å²) in [4.78, 5) is 16.0. The Morgan fingerprint density at radius 1 is 1.00 bits per heavy atom. The SMILES string of the molecule is CCCCCCc1ccc(-c2csc(Nc3ccc(C(C)=O)cc3)n2)cc1. The molecular formula is C23H26N2OS. The van der Waals surface area contributed by atoms with E-state index in [1.165, 1.54) is 31.2 Å². The zero-order valence-corrected chi connectivity index (χ0v) is 16.8. The summed E-state index contributed by atoms with van der Waals surface area (Å²) < 4.78 is 0. The standard InChI is InChI=1S/C23H26N2OS/c1-3-4-5-6-7-18-8-10-20(11-9-18)22-16-27-23(25-22)24-21-14-12-19(13-15-21)17(2)26/h8-16H,3-7H2,1-2H3,(H,24,25). The Labute approximate surface area is 165 Å². The monoisotopic (exact) mass is 378 g/mol. The van der Waals surface area contributed by atoms with Gasteiger partial charge in [0.2, 0.25) is 0 Å². The third-order valence-electron chi connectivity index (χ3n) is 4.62. The normalized spacial score (nSPS) is 10.7. The van der Waals surface area contributed by atoms with Gasteiger partial charge in [0, 0.05) is 22.2 Å². The second-order valence-electron chi connectivity index (χ2n) is 6.80. The molecule has 0 aliphatic rings. The highest BCUT2D eigenvalue weighted by Crippen LogP contribution is 2.27. The van der Waals surface area contributed by atoms with E-state index in [0.29, 0.717) is 0 Å². The Morgan fingerprint density at radius 3 is 2.41 bits per heavy atom. The average molecular weight is 379 g/mol. The molecule has 27 heavy (non-hydrogen) atoms. The highest BCUT2D eigenvalue weighted by atomic mass is 32.1. The van der Waals surface area contributed by atoms with Crippen molar-refractivity contribution in [3.05, 3.63) is 65.0 Å². The van der Waals surface area contributed by atoms with Crippen LogP contribution in [0.25, 0.3) is 11.3 Å². The zero-order chi connectivity index (χ0) is 19.1. The molecule has 0 spiro atoms. The number of thiazole rings is 1. The van der Waals surface area contributed by atoms with Crippen LogP contribution in [0, 0.1) is 0 Å². The van der Waals surface area contributed by atoms with Gasteiger partial charge < -0.3 is 5.32 Å². The number of Topliss-reactive ketones (excluding diaryl/α,β-unsaturated/α-hetero) is 1. The van der Waals surface area contributed by atoms with Crippen molar-refractivity contribution in [3.8, 4) is 11.3 Å². The fraction of sp³-hybridized carbons (Fsp3) is 0.304. The second-order valence-corrected chi connectivity index (χ2v) is 7.66. The highest BCUT2D eigenvalue weighted by Gasteiger charge is 2.06. The number of anilines is 2. The first-order valence-corrected chi connectivity index (χ1v) is 10.5. The summed E-state index contributed by atoms with van der Waals surface area (Å²) in [5.41, 5.74) is 5.18. The lowest BCUT2D eigenvalue weighted by Gasteiger charge is -2.04. The zero-order valence-electron chi connectivity index (χ0n) is 16.0. The van der Waals surface area contributed by atoms with Crippen molar-refractivity contribution in [2.45, 2.75) is 46.0 Å². The first-order valence-electron chi connectivity index (χ1n) is 9.58. The number of hydrogen-bond acceptors (Lipinski definition) is 4. The lowest BCUT2D eigenvalue weighted by molar-refractivity contribution is 0.101. The van der Waals surface area contributed by atoms with Crippen molar-refractivity contribution in [3.63, 3.8) is 0 Å². The van der Waals surface area contributed by atoms with Gasteiger partial charge in [-0.3, -0.25) is 4.79 Å². The molecule has 1 aromatic heterocycles. The molecule has 0 bridgehead atoms. The predicted molar refractivity (Wildman–Crippen MR) is 115 cm³/mol. The smallest absolute Gasteiger partial charge is 0.187 e. The van der Waals surface area contributed by atoms with Crippen LogP contribution in [0.5, 0.6) is 0 Å². The first kappa shape index (κ1) is 19.3. The maximum absolute atomic E-state index is 11.4. The van der Waals surface area contributed by atoms with Crippen LogP contribution >= 0.6 is 11.3 Å². The van der Waals surface area contributed by atoms with Crippen LogP contribution in [-0.2, 0) is 6.42 Å². The number of benzene rings is 2. The third kappa shape index (κ3) is 5.51. The summed E-state index contributed by atoms with van der Waals surface area (Å²) in [5.74, 6) is 0.0758. The summed E-state index contributed by atoms with van der Waals surface area (Å²) >= 11 is 1.58. The van der Waals surface area contributed by atoms with E-state index in [9.17, 15) is 4.79 Å². The van der Waals surface area contributed by atoms with Gasteiger partial charge in [-0.2, -0.15) is 0 Å². The van der Waals surface area contributed by atoms with Crippen molar-refractivity contribution in [1.82, 2.24) is 4.98 Å². The topological polar surface area (TPSA) is 42.0 Å². The van der Waals surface area contributed by atoms with Crippen LogP contribution < -0.4 is 5.32 Å². The Hall–Kier alpha value is -2.46. The predicted octanol–water partition coefficient (Wildman–Crippen LogP) is 6.88. The molecule has 0 aliphatic carbocycles. The maximum Gasteiger partial charge on any atom is 0.187 e. The molecule has 0 fully saturated rings. The number of unbranched alkanes of at least 4 members (excludes halogenated alkanes) is 3. The number of carbonyl (C=O) groups is 1. The second kappa shape index (κ2) is 9.47. The number of rotatable bonds is 9. The number of aryl methyl sites for hydroxylation is 1. The molecule has 3 rings (SSSR count). The summed E-state index contributed by atoms with van der Waals surface area (Å²) in [6, 6.07) is 16.2. The molecule has 1 N–H and O–H groups in total. The van der Waals surface area contributed by atoms with E-state index in [0.717, 1.165) is 34.1 Å². The van der Waals surface area contributed by atoms with Gasteiger partial charge in [0.05, 0.1) is 5.69 Å². The molecule has 0 atom stereocenters. The minimum absolute atomic E-state index is 0.0758. The molecule has 0 unspecified atom stereocenters. The van der Waals surface area contributed by atoms with Crippen molar-refractivity contribution < 1.29 is 4.79 Å². The van der Waals surface area contributed by atoms with Crippen molar-refractivity contribution in [1.29, 1.82) is 0 Å². The number of hydrogen-bond donors (Lipinski definition) is 1. The fourth-order valence-electron chi connectivity index (χ4n) is 2.97. The van der Waals surface area contributed by atoms with Gasteiger partial charge in [0.25, 0.3) is 0 Å². The Kier molecular flexibility index (Phi) is 6.77. The molecule has 0 amide bonds. The first-order chi connectivity index (χ1) is 13.2. The molecule has 3 aromatic rings. The van der Waals surface area contributed by atoms with Gasteiger partial charge in [-0.1, -0.05) is 50.5 Å². The maximum atomic E-state index is 11.4. The Bertz CT molecular complexity index is 866. The van der Waals surface area contributed by atoms with E-state index in [-0.39, 0.29) is 5.78 Å². The van der Waals surface area contributed by atoms with E-state index in [4.69, 9.17) is 0 Å². The number of nitrogens with one attached hydrogen (secondary N) is 1. The molecule has 0 aliphatic heterocycles. The number of carbonyl (C=O) groups excluding carboxylic acids is 1. The van der Waals surface area contributed by atoms with Gasteiger partial charge in [-0.25, -0.2) is 4.98 Å². The van der Waals surface area contributed by atoms with Crippen molar-refractivity contribution >= 4 is 27.9 Å². The molecule has 4 heteroatoms. The molecule has 2 aromatic carbocycles. The Balaban J connectivity index is 1.60. The number of nitrogens with zero attached hydrogens (tertiary/aromatic N) is 1. The van der Waals surface area contributed by atoms with Crippen LogP contribution in [0.2, 0.25) is 0 Å². The third-order valence-corrected chi connectivity index (χ3v) is 5.37. The van der Waals surface area contributed by atoms with Crippen LogP contribution in [0.3, 0.4) is 0 Å². The van der Waals surface area contributed by atoms with Gasteiger partial charge in [-0.05, 0) is 49.6 Å². The van der Waals surface area contributed by atoms with Gasteiger partial charge in [0.15, 0.2) is 10.9 Å². The van der Waals surface area contributed by atoms with Crippen LogP contribution in [0.4, 0.5) is 10.8 Å². The lowest BCUT2D eigenvalue weighted by atomic mass is 10.0. The highest BCUT2D eigenvalue weighted by molar-refractivity contribution is 7.14. The van der Waals surface area contributed by atoms with E-state index in [1.54, 1.807) is 18.3 Å². The molecule has 0 saturated heterocycles. The summed E-state index contributed by atoms with van der Waals surface area (Å²) in [6.45, 7) is 3.82. The minimum atomic E-state index is 0.0758. The molecule has 140 valence electrons. The lowest BCUT2D eigenvalue weighted by Crippen LogP contribution is -1.93. The van der Waals surface area contributed by atoms with Gasteiger partial charge in [-0.15, -0.1) is 11.3 Å². The quantitative estimate of drug-likeness (QED) is 0.326. The average Bonchev–Trinajstić information content (AvgIpc) is 3.15. The molecular weight excluding hydrogens is 352 g/mol. The molecule has 0 radical (unpaired) electrons. The minimum Gasteiger partial charge on any atom is -0.332 e. The summed E-state index contributed by atoms with van der Waals surface area (Å²) in [7, 11) is 0. The summed E-state index contributed by atoms with van der Waals surface area (Å²) in [6.07, 6.45) is 6.33. The number of aromatic nitrogens is 1. The van der Waals surface area contributed by atoms with Crippen LogP contribution in [0.1, 0.15) is 55.5 Å². The summed E-state index contributed by atoms with van der Waals surface area (Å²) in [5, 5.41) is 6.23. The van der Waals surface area contributed by atoms with Gasteiger partial charge in [0.1, 0.15) is 0 Å². The molecule has 3 nitrogen and oxygen atoms in total. The number of ketones is 1. The van der Waals surface area contributed by atoms with E-state index in [1.807, 2.05) is 24.3 Å². The van der Waals surface area contributed by atoms with E-state index < -0.39 is 0 Å². The van der Waals surface area contributed by atoms with Crippen LogP contribution in [-0.4, -0.2) is 10.8 Å². The van der Waals surface area contributed by atoms with Gasteiger partial charge >= 0.3 is 0 Å². The van der Waals surface area contributed by atoms with E-state index in [2.05, 4.69) is 46.9 Å². The van der Waals surface area contributed by atoms with Crippen LogP contribution in [0.15, 0.2) is 53.9 Å². The van der Waals surface area contributed by atoms with Crippen molar-refractivity contribution in [2.75, 3.05) is 5.32 Å².